The summed E-state index contributed by atoms with van der Waals surface area (Å²) in [7, 11) is 1.84. The Labute approximate surface area is 115 Å². The zero-order chi connectivity index (χ0) is 13.9. The molecule has 0 bridgehead atoms. The number of ether oxygens (including phenoxy) is 1. The maximum atomic E-state index is 13.3. The third-order valence-corrected chi connectivity index (χ3v) is 4.28. The van der Waals surface area contributed by atoms with Gasteiger partial charge in [0.25, 0.3) is 5.91 Å². The average Bonchev–Trinajstić information content (AvgIpc) is 3.15. The summed E-state index contributed by atoms with van der Waals surface area (Å²) >= 11 is 0. The van der Waals surface area contributed by atoms with Crippen LogP contribution in [0.3, 0.4) is 0 Å². The SMILES string of the molecule is Cn1c(C(=O)N2CC[C@@H]3O[C@@H]3C2)cc2cc(F)ccc21. The van der Waals surface area contributed by atoms with Crippen molar-refractivity contribution in [3.63, 3.8) is 0 Å². The molecule has 20 heavy (non-hydrogen) atoms. The lowest BCUT2D eigenvalue weighted by Crippen LogP contribution is -2.40. The number of fused-ring (bicyclic) bond motifs is 2. The van der Waals surface area contributed by atoms with Gasteiger partial charge in [0.05, 0.1) is 6.10 Å². The van der Waals surface area contributed by atoms with E-state index in [1.165, 1.54) is 12.1 Å². The van der Waals surface area contributed by atoms with E-state index in [1.54, 1.807) is 12.1 Å². The second kappa shape index (κ2) is 4.06. The Morgan fingerprint density at radius 1 is 1.35 bits per heavy atom. The second-order valence-electron chi connectivity index (χ2n) is 5.54. The number of likely N-dealkylation sites (tertiary alicyclic amines) is 1. The first-order valence-electron chi connectivity index (χ1n) is 6.83. The number of hydrogen-bond acceptors (Lipinski definition) is 2. The Hall–Kier alpha value is -1.88. The van der Waals surface area contributed by atoms with Gasteiger partial charge >= 0.3 is 0 Å². The van der Waals surface area contributed by atoms with Crippen molar-refractivity contribution >= 4 is 16.8 Å². The van der Waals surface area contributed by atoms with Crippen molar-refractivity contribution in [1.29, 1.82) is 0 Å². The first-order chi connectivity index (χ1) is 9.63. The summed E-state index contributed by atoms with van der Waals surface area (Å²) in [6.07, 6.45) is 1.50. The van der Waals surface area contributed by atoms with Crippen LogP contribution in [0.2, 0.25) is 0 Å². The van der Waals surface area contributed by atoms with Crippen LogP contribution in [0.5, 0.6) is 0 Å². The first kappa shape index (κ1) is 11.9. The number of carbonyl (C=O) groups excluding carboxylic acids is 1. The highest BCUT2D eigenvalue weighted by molar-refractivity contribution is 5.98. The van der Waals surface area contributed by atoms with E-state index in [1.807, 2.05) is 16.5 Å². The predicted molar refractivity (Wildman–Crippen MR) is 72.1 cm³/mol. The summed E-state index contributed by atoms with van der Waals surface area (Å²) in [4.78, 5) is 14.4. The Morgan fingerprint density at radius 2 is 2.20 bits per heavy atom. The van der Waals surface area contributed by atoms with Gasteiger partial charge in [-0.1, -0.05) is 0 Å². The number of hydrogen-bond donors (Lipinski definition) is 0. The minimum atomic E-state index is -0.283. The minimum absolute atomic E-state index is 0.00180. The molecule has 2 atom stereocenters. The average molecular weight is 274 g/mol. The molecular weight excluding hydrogens is 259 g/mol. The third-order valence-electron chi connectivity index (χ3n) is 4.28. The van der Waals surface area contributed by atoms with Gasteiger partial charge in [-0.3, -0.25) is 4.79 Å². The van der Waals surface area contributed by atoms with Crippen molar-refractivity contribution < 1.29 is 13.9 Å². The molecule has 5 heteroatoms. The number of epoxide rings is 1. The molecule has 0 aliphatic carbocycles. The zero-order valence-electron chi connectivity index (χ0n) is 11.2. The first-order valence-corrected chi connectivity index (χ1v) is 6.83. The number of aryl methyl sites for hydroxylation is 1. The van der Waals surface area contributed by atoms with Crippen LogP contribution < -0.4 is 0 Å². The molecular formula is C15H15FN2O2. The molecule has 104 valence electrons. The van der Waals surface area contributed by atoms with Crippen molar-refractivity contribution in [2.75, 3.05) is 13.1 Å². The maximum absolute atomic E-state index is 13.3. The third kappa shape index (κ3) is 1.73. The fourth-order valence-corrected chi connectivity index (χ4v) is 3.06. The molecule has 2 aliphatic rings. The highest BCUT2D eigenvalue weighted by atomic mass is 19.1. The standard InChI is InChI=1S/C15H15FN2O2/c1-17-11-3-2-10(16)6-9(11)7-12(17)15(19)18-5-4-13-14(8-18)20-13/h2-3,6-7,13-14H,4-5,8H2,1H3/t13-,14+/m0/s1. The van der Waals surface area contributed by atoms with Gasteiger partial charge in [0.2, 0.25) is 0 Å². The molecule has 1 aromatic heterocycles. The quantitative estimate of drug-likeness (QED) is 0.745. The summed E-state index contributed by atoms with van der Waals surface area (Å²) < 4.78 is 20.5. The molecule has 4 rings (SSSR count). The van der Waals surface area contributed by atoms with E-state index in [0.29, 0.717) is 18.3 Å². The van der Waals surface area contributed by atoms with E-state index in [-0.39, 0.29) is 17.8 Å². The van der Waals surface area contributed by atoms with Crippen LogP contribution in [-0.4, -0.2) is 40.7 Å². The maximum Gasteiger partial charge on any atom is 0.270 e. The number of amides is 1. The lowest BCUT2D eigenvalue weighted by molar-refractivity contribution is 0.0727. The summed E-state index contributed by atoms with van der Waals surface area (Å²) in [5, 5.41) is 0.758. The van der Waals surface area contributed by atoms with Gasteiger partial charge in [0.1, 0.15) is 17.6 Å². The van der Waals surface area contributed by atoms with Crippen LogP contribution in [0.25, 0.3) is 10.9 Å². The summed E-state index contributed by atoms with van der Waals surface area (Å²) in [6.45, 7) is 1.40. The predicted octanol–water partition coefficient (Wildman–Crippen LogP) is 1.93. The van der Waals surface area contributed by atoms with E-state index in [4.69, 9.17) is 4.74 Å². The molecule has 4 nitrogen and oxygen atoms in total. The molecule has 2 aromatic rings. The van der Waals surface area contributed by atoms with Crippen LogP contribution >= 0.6 is 0 Å². The number of piperidine rings is 1. The Balaban J connectivity index is 1.70. The molecule has 0 radical (unpaired) electrons. The fourth-order valence-electron chi connectivity index (χ4n) is 3.06. The summed E-state index contributed by atoms with van der Waals surface area (Å²) in [6, 6.07) is 6.35. The normalized spacial score (nSPS) is 24.8. The topological polar surface area (TPSA) is 37.8 Å². The van der Waals surface area contributed by atoms with Crippen molar-refractivity contribution in [3.8, 4) is 0 Å². The number of benzene rings is 1. The zero-order valence-corrected chi connectivity index (χ0v) is 11.2. The van der Waals surface area contributed by atoms with E-state index in [9.17, 15) is 9.18 Å². The number of carbonyl (C=O) groups is 1. The van der Waals surface area contributed by atoms with E-state index in [2.05, 4.69) is 0 Å². The summed E-state index contributed by atoms with van der Waals surface area (Å²) in [5.74, 6) is -0.285. The smallest absolute Gasteiger partial charge is 0.270 e. The van der Waals surface area contributed by atoms with Crippen LogP contribution in [0, 0.1) is 5.82 Å². The highest BCUT2D eigenvalue weighted by Crippen LogP contribution is 2.31. The number of nitrogens with zero attached hydrogens (tertiary/aromatic N) is 2. The Bertz CT molecular complexity index is 709. The van der Waals surface area contributed by atoms with E-state index in [0.717, 1.165) is 23.9 Å². The van der Waals surface area contributed by atoms with E-state index < -0.39 is 0 Å². The van der Waals surface area contributed by atoms with Crippen LogP contribution in [0.1, 0.15) is 16.9 Å². The van der Waals surface area contributed by atoms with Crippen LogP contribution in [0.15, 0.2) is 24.3 Å². The molecule has 0 spiro atoms. The van der Waals surface area contributed by atoms with Gasteiger partial charge in [0.15, 0.2) is 0 Å². The van der Waals surface area contributed by atoms with E-state index >= 15 is 0 Å². The fraction of sp³-hybridized carbons (Fsp3) is 0.400. The molecule has 0 unspecified atom stereocenters. The van der Waals surface area contributed by atoms with Gasteiger partial charge in [-0.25, -0.2) is 4.39 Å². The number of aromatic nitrogens is 1. The number of rotatable bonds is 1. The Morgan fingerprint density at radius 3 is 3.00 bits per heavy atom. The minimum Gasteiger partial charge on any atom is -0.368 e. The van der Waals surface area contributed by atoms with Gasteiger partial charge < -0.3 is 14.2 Å². The van der Waals surface area contributed by atoms with Crippen LogP contribution in [0.4, 0.5) is 4.39 Å². The van der Waals surface area contributed by atoms with Crippen molar-refractivity contribution in [3.05, 3.63) is 35.8 Å². The molecule has 1 amide bonds. The number of halogens is 1. The monoisotopic (exact) mass is 274 g/mol. The lowest BCUT2D eigenvalue weighted by Gasteiger charge is -2.24. The van der Waals surface area contributed by atoms with Gasteiger partial charge in [-0.2, -0.15) is 0 Å². The van der Waals surface area contributed by atoms with Crippen molar-refractivity contribution in [2.24, 2.45) is 7.05 Å². The molecule has 2 fully saturated rings. The van der Waals surface area contributed by atoms with Gasteiger partial charge in [0, 0.05) is 31.0 Å². The van der Waals surface area contributed by atoms with Gasteiger partial charge in [-0.15, -0.1) is 0 Å². The largest absolute Gasteiger partial charge is 0.368 e. The molecule has 1 aromatic carbocycles. The van der Waals surface area contributed by atoms with Crippen LogP contribution in [-0.2, 0) is 11.8 Å². The molecule has 2 saturated heterocycles. The Kier molecular flexibility index (Phi) is 2.41. The van der Waals surface area contributed by atoms with Crippen molar-refractivity contribution in [1.82, 2.24) is 9.47 Å². The molecule has 0 saturated carbocycles. The molecule has 3 heterocycles. The van der Waals surface area contributed by atoms with Crippen molar-refractivity contribution in [2.45, 2.75) is 18.6 Å². The molecule has 0 N–H and O–H groups in total. The lowest BCUT2D eigenvalue weighted by atomic mass is 10.1. The second-order valence-corrected chi connectivity index (χ2v) is 5.54. The summed E-state index contributed by atoms with van der Waals surface area (Å²) in [5.41, 5.74) is 1.47. The van der Waals surface area contributed by atoms with Gasteiger partial charge in [-0.05, 0) is 30.7 Å². The molecule has 2 aliphatic heterocycles. The highest BCUT2D eigenvalue weighted by Gasteiger charge is 2.44.